The van der Waals surface area contributed by atoms with Crippen molar-refractivity contribution in [3.05, 3.63) is 15.8 Å². The molecule has 0 aliphatic heterocycles. The molecule has 0 amide bonds. The average Bonchev–Trinajstić information content (AvgIpc) is 2.56. The van der Waals surface area contributed by atoms with Crippen LogP contribution in [0, 0.1) is 17.0 Å². The molecule has 0 radical (unpaired) electrons. The molecule has 1 heterocycles. The summed E-state index contributed by atoms with van der Waals surface area (Å²) in [6, 6.07) is 0.209. The zero-order chi connectivity index (χ0) is 13.7. The van der Waals surface area contributed by atoms with Gasteiger partial charge in [-0.25, -0.2) is 4.68 Å². The number of rotatable bonds is 7. The summed E-state index contributed by atoms with van der Waals surface area (Å²) in [4.78, 5) is 10.8. The average molecular weight is 254 g/mol. The van der Waals surface area contributed by atoms with Crippen LogP contribution in [-0.4, -0.2) is 20.7 Å². The summed E-state index contributed by atoms with van der Waals surface area (Å²) in [7, 11) is 0. The second-order valence-electron chi connectivity index (χ2n) is 4.60. The first kappa shape index (κ1) is 14.5. The van der Waals surface area contributed by atoms with E-state index in [1.807, 2.05) is 13.8 Å². The van der Waals surface area contributed by atoms with Crippen LogP contribution in [0.15, 0.2) is 0 Å². The molecule has 6 nitrogen and oxygen atoms in total. The van der Waals surface area contributed by atoms with Gasteiger partial charge in [0.05, 0.1) is 4.92 Å². The lowest BCUT2D eigenvalue weighted by molar-refractivity contribution is -0.384. The maximum atomic E-state index is 11.1. The number of aryl methyl sites for hydroxylation is 2. The third-order valence-electron chi connectivity index (χ3n) is 2.82. The molecule has 0 aromatic carbocycles. The summed E-state index contributed by atoms with van der Waals surface area (Å²) in [6.07, 6.45) is 2.92. The highest BCUT2D eigenvalue weighted by molar-refractivity contribution is 5.59. The minimum atomic E-state index is -0.352. The molecule has 0 bridgehead atoms. The third kappa shape index (κ3) is 3.21. The summed E-state index contributed by atoms with van der Waals surface area (Å²) in [6.45, 7) is 8.53. The maximum absolute atomic E-state index is 11.1. The van der Waals surface area contributed by atoms with Crippen LogP contribution in [-0.2, 0) is 6.54 Å². The van der Waals surface area contributed by atoms with Crippen LogP contribution in [0.3, 0.4) is 0 Å². The van der Waals surface area contributed by atoms with Crippen LogP contribution in [0.25, 0.3) is 0 Å². The van der Waals surface area contributed by atoms with E-state index in [0.29, 0.717) is 18.1 Å². The Hall–Kier alpha value is -1.59. The normalized spacial score (nSPS) is 12.4. The molecular formula is C12H22N4O2. The second kappa shape index (κ2) is 6.37. The molecule has 18 heavy (non-hydrogen) atoms. The lowest BCUT2D eigenvalue weighted by Gasteiger charge is -2.14. The fraction of sp³-hybridized carbons (Fsp3) is 0.750. The van der Waals surface area contributed by atoms with E-state index in [1.165, 1.54) is 0 Å². The third-order valence-corrected chi connectivity index (χ3v) is 2.82. The van der Waals surface area contributed by atoms with Gasteiger partial charge < -0.3 is 5.32 Å². The number of nitrogens with one attached hydrogen (secondary N) is 1. The lowest BCUT2D eigenvalue weighted by Crippen LogP contribution is -2.18. The van der Waals surface area contributed by atoms with E-state index in [0.717, 1.165) is 19.3 Å². The largest absolute Gasteiger partial charge is 0.362 e. The van der Waals surface area contributed by atoms with Gasteiger partial charge in [0, 0.05) is 12.6 Å². The molecular weight excluding hydrogens is 232 g/mol. The van der Waals surface area contributed by atoms with Crippen molar-refractivity contribution < 1.29 is 4.92 Å². The van der Waals surface area contributed by atoms with Crippen molar-refractivity contribution in [2.75, 3.05) is 5.32 Å². The highest BCUT2D eigenvalue weighted by atomic mass is 16.6. The molecule has 1 unspecified atom stereocenters. The van der Waals surface area contributed by atoms with E-state index in [4.69, 9.17) is 0 Å². The highest BCUT2D eigenvalue weighted by Crippen LogP contribution is 2.29. The Labute approximate surface area is 108 Å². The first-order valence-electron chi connectivity index (χ1n) is 6.49. The van der Waals surface area contributed by atoms with E-state index in [-0.39, 0.29) is 16.7 Å². The van der Waals surface area contributed by atoms with Crippen molar-refractivity contribution in [3.63, 3.8) is 0 Å². The molecule has 1 atom stereocenters. The molecule has 102 valence electrons. The lowest BCUT2D eigenvalue weighted by atomic mass is 10.2. The molecule has 6 heteroatoms. The van der Waals surface area contributed by atoms with Gasteiger partial charge in [-0.05, 0) is 26.7 Å². The number of hydrogen-bond donors (Lipinski definition) is 1. The fourth-order valence-electron chi connectivity index (χ4n) is 2.05. The Kier molecular flexibility index (Phi) is 5.12. The molecule has 0 spiro atoms. The van der Waals surface area contributed by atoms with E-state index in [9.17, 15) is 10.1 Å². The molecule has 0 saturated heterocycles. The first-order chi connectivity index (χ1) is 8.51. The van der Waals surface area contributed by atoms with E-state index in [1.54, 1.807) is 11.6 Å². The predicted molar refractivity (Wildman–Crippen MR) is 71.9 cm³/mol. The molecule has 1 aromatic rings. The first-order valence-corrected chi connectivity index (χ1v) is 6.49. The van der Waals surface area contributed by atoms with Crippen molar-refractivity contribution in [2.45, 2.75) is 59.5 Å². The minimum Gasteiger partial charge on any atom is -0.362 e. The van der Waals surface area contributed by atoms with Gasteiger partial charge in [0.2, 0.25) is 5.82 Å². The Balaban J connectivity index is 3.07. The summed E-state index contributed by atoms with van der Waals surface area (Å²) < 4.78 is 1.71. The van der Waals surface area contributed by atoms with Gasteiger partial charge >= 0.3 is 5.69 Å². The minimum absolute atomic E-state index is 0.103. The Morgan fingerprint density at radius 1 is 1.44 bits per heavy atom. The van der Waals surface area contributed by atoms with Gasteiger partial charge in [-0.2, -0.15) is 5.10 Å². The summed E-state index contributed by atoms with van der Waals surface area (Å²) in [5.41, 5.74) is 0.575. The Bertz CT molecular complexity index is 414. The summed E-state index contributed by atoms with van der Waals surface area (Å²) >= 11 is 0. The Morgan fingerprint density at radius 2 is 2.11 bits per heavy atom. The van der Waals surface area contributed by atoms with E-state index in [2.05, 4.69) is 17.3 Å². The van der Waals surface area contributed by atoms with Gasteiger partial charge in [0.25, 0.3) is 0 Å². The van der Waals surface area contributed by atoms with E-state index >= 15 is 0 Å². The highest BCUT2D eigenvalue weighted by Gasteiger charge is 2.25. The van der Waals surface area contributed by atoms with Crippen LogP contribution in [0.4, 0.5) is 11.5 Å². The Morgan fingerprint density at radius 3 is 2.61 bits per heavy atom. The van der Waals surface area contributed by atoms with Gasteiger partial charge in [-0.1, -0.05) is 20.3 Å². The molecule has 1 aromatic heterocycles. The van der Waals surface area contributed by atoms with Gasteiger partial charge in [-0.15, -0.1) is 0 Å². The zero-order valence-electron chi connectivity index (χ0n) is 11.6. The van der Waals surface area contributed by atoms with Crippen molar-refractivity contribution in [3.8, 4) is 0 Å². The topological polar surface area (TPSA) is 73.0 Å². The smallest absolute Gasteiger partial charge is 0.333 e. The molecule has 0 aliphatic rings. The monoisotopic (exact) mass is 254 g/mol. The molecule has 0 fully saturated rings. The second-order valence-corrected chi connectivity index (χ2v) is 4.60. The summed E-state index contributed by atoms with van der Waals surface area (Å²) in [5, 5.41) is 18.6. The van der Waals surface area contributed by atoms with Crippen LogP contribution in [0.1, 0.15) is 45.7 Å². The number of nitrogens with zero attached hydrogens (tertiary/aromatic N) is 3. The summed E-state index contributed by atoms with van der Waals surface area (Å²) in [5.74, 6) is 0.542. The zero-order valence-corrected chi connectivity index (χ0v) is 11.6. The van der Waals surface area contributed by atoms with Crippen LogP contribution >= 0.6 is 0 Å². The van der Waals surface area contributed by atoms with E-state index < -0.39 is 0 Å². The quantitative estimate of drug-likeness (QED) is 0.599. The van der Waals surface area contributed by atoms with Crippen LogP contribution in [0.5, 0.6) is 0 Å². The van der Waals surface area contributed by atoms with Crippen molar-refractivity contribution in [1.29, 1.82) is 0 Å². The van der Waals surface area contributed by atoms with Crippen molar-refractivity contribution in [2.24, 2.45) is 0 Å². The van der Waals surface area contributed by atoms with Crippen LogP contribution < -0.4 is 5.32 Å². The standard InChI is InChI=1S/C12H22N4O2/c1-5-7-9(3)13-12-11(16(17)18)10(4)14-15(12)8-6-2/h9,13H,5-8H2,1-4H3. The number of aromatic nitrogens is 2. The van der Waals surface area contributed by atoms with Crippen LogP contribution in [0.2, 0.25) is 0 Å². The molecule has 1 rings (SSSR count). The van der Waals surface area contributed by atoms with Crippen molar-refractivity contribution in [1.82, 2.24) is 9.78 Å². The van der Waals surface area contributed by atoms with Crippen molar-refractivity contribution >= 4 is 11.5 Å². The molecule has 1 N–H and O–H groups in total. The number of hydrogen-bond acceptors (Lipinski definition) is 4. The molecule has 0 saturated carbocycles. The predicted octanol–water partition coefficient (Wildman–Crippen LogP) is 3.11. The maximum Gasteiger partial charge on any atom is 0.333 e. The molecule has 0 aliphatic carbocycles. The van der Waals surface area contributed by atoms with Gasteiger partial charge in [0.1, 0.15) is 5.69 Å². The number of anilines is 1. The van der Waals surface area contributed by atoms with Gasteiger partial charge in [0.15, 0.2) is 0 Å². The van der Waals surface area contributed by atoms with Gasteiger partial charge in [-0.3, -0.25) is 10.1 Å². The fourth-order valence-corrected chi connectivity index (χ4v) is 2.05. The SMILES string of the molecule is CCCC(C)Nc1c([N+](=O)[O-])c(C)nn1CCC. The number of nitro groups is 1.